The molecule has 5 nitrogen and oxygen atoms in total. The Labute approximate surface area is 114 Å². The Hall–Kier alpha value is -1.33. The second-order valence-electron chi connectivity index (χ2n) is 5.25. The number of hydrogen-bond donors (Lipinski definition) is 2. The molecule has 0 bridgehead atoms. The van der Waals surface area contributed by atoms with E-state index >= 15 is 0 Å². The Kier molecular flexibility index (Phi) is 4.99. The van der Waals surface area contributed by atoms with Crippen molar-refractivity contribution in [1.29, 1.82) is 0 Å². The van der Waals surface area contributed by atoms with Crippen molar-refractivity contribution in [3.8, 4) is 0 Å². The van der Waals surface area contributed by atoms with Gasteiger partial charge in [0.15, 0.2) is 5.76 Å². The van der Waals surface area contributed by atoms with Crippen LogP contribution >= 0.6 is 0 Å². The van der Waals surface area contributed by atoms with Gasteiger partial charge in [-0.05, 0) is 44.0 Å². The highest BCUT2D eigenvalue weighted by molar-refractivity contribution is 5.91. The van der Waals surface area contributed by atoms with Gasteiger partial charge in [0.25, 0.3) is 5.91 Å². The molecule has 19 heavy (non-hydrogen) atoms. The maximum atomic E-state index is 11.8. The first-order valence-electron chi connectivity index (χ1n) is 6.98. The lowest BCUT2D eigenvalue weighted by atomic mass is 9.99. The molecule has 0 unspecified atom stereocenters. The summed E-state index contributed by atoms with van der Waals surface area (Å²) in [5.74, 6) is 1.65. The molecule has 1 aromatic heterocycles. The molecule has 0 aromatic carbocycles. The summed E-state index contributed by atoms with van der Waals surface area (Å²) in [6, 6.07) is 3.40. The SMILES string of the molecule is CC1CCN(CCNC(=O)c2ccc(CN)o2)CC1. The molecule has 1 amide bonds. The Morgan fingerprint density at radius 3 is 2.84 bits per heavy atom. The number of amides is 1. The van der Waals surface area contributed by atoms with Crippen molar-refractivity contribution in [2.45, 2.75) is 26.3 Å². The minimum atomic E-state index is -0.162. The molecule has 1 fully saturated rings. The molecule has 0 aliphatic carbocycles. The lowest BCUT2D eigenvalue weighted by molar-refractivity contribution is 0.0915. The predicted molar refractivity (Wildman–Crippen MR) is 73.8 cm³/mol. The Morgan fingerprint density at radius 2 is 2.21 bits per heavy atom. The van der Waals surface area contributed by atoms with Gasteiger partial charge in [0.2, 0.25) is 0 Å². The second kappa shape index (κ2) is 6.73. The monoisotopic (exact) mass is 265 g/mol. The largest absolute Gasteiger partial charge is 0.455 e. The molecule has 1 aromatic rings. The highest BCUT2D eigenvalue weighted by Gasteiger charge is 2.16. The van der Waals surface area contributed by atoms with Crippen molar-refractivity contribution < 1.29 is 9.21 Å². The summed E-state index contributed by atoms with van der Waals surface area (Å²) in [6.45, 7) is 6.45. The van der Waals surface area contributed by atoms with Gasteiger partial charge >= 0.3 is 0 Å². The third kappa shape index (κ3) is 4.08. The van der Waals surface area contributed by atoms with Crippen molar-refractivity contribution in [2.24, 2.45) is 11.7 Å². The fourth-order valence-electron chi connectivity index (χ4n) is 2.31. The highest BCUT2D eigenvalue weighted by Crippen LogP contribution is 2.15. The summed E-state index contributed by atoms with van der Waals surface area (Å²) in [4.78, 5) is 14.2. The zero-order valence-electron chi connectivity index (χ0n) is 11.5. The van der Waals surface area contributed by atoms with Gasteiger partial charge in [-0.15, -0.1) is 0 Å². The normalized spacial score (nSPS) is 17.6. The minimum Gasteiger partial charge on any atom is -0.455 e. The van der Waals surface area contributed by atoms with E-state index in [0.717, 1.165) is 25.6 Å². The van der Waals surface area contributed by atoms with E-state index in [1.807, 2.05) is 0 Å². The first-order valence-corrected chi connectivity index (χ1v) is 6.98. The molecule has 2 heterocycles. The van der Waals surface area contributed by atoms with E-state index in [0.29, 0.717) is 24.6 Å². The van der Waals surface area contributed by atoms with Gasteiger partial charge in [-0.25, -0.2) is 0 Å². The van der Waals surface area contributed by atoms with Gasteiger partial charge in [-0.1, -0.05) is 6.92 Å². The van der Waals surface area contributed by atoms with Crippen LogP contribution in [0.15, 0.2) is 16.5 Å². The summed E-state index contributed by atoms with van der Waals surface area (Å²) >= 11 is 0. The van der Waals surface area contributed by atoms with Gasteiger partial charge in [-0.2, -0.15) is 0 Å². The van der Waals surface area contributed by atoms with E-state index < -0.39 is 0 Å². The topological polar surface area (TPSA) is 71.5 Å². The van der Waals surface area contributed by atoms with Gasteiger partial charge in [0.1, 0.15) is 5.76 Å². The van der Waals surface area contributed by atoms with Crippen molar-refractivity contribution in [2.75, 3.05) is 26.2 Å². The maximum Gasteiger partial charge on any atom is 0.287 e. The lowest BCUT2D eigenvalue weighted by Crippen LogP contribution is -2.39. The van der Waals surface area contributed by atoms with Gasteiger partial charge in [0.05, 0.1) is 6.54 Å². The van der Waals surface area contributed by atoms with Crippen molar-refractivity contribution in [1.82, 2.24) is 10.2 Å². The Balaban J connectivity index is 1.69. The van der Waals surface area contributed by atoms with E-state index in [1.165, 1.54) is 12.8 Å². The number of furan rings is 1. The number of hydrogen-bond acceptors (Lipinski definition) is 4. The molecule has 2 rings (SSSR count). The number of carbonyl (C=O) groups excluding carboxylic acids is 1. The fourth-order valence-corrected chi connectivity index (χ4v) is 2.31. The molecule has 0 spiro atoms. The molecule has 3 N–H and O–H groups in total. The van der Waals surface area contributed by atoms with E-state index in [2.05, 4.69) is 17.1 Å². The van der Waals surface area contributed by atoms with Gasteiger partial charge < -0.3 is 20.4 Å². The zero-order valence-corrected chi connectivity index (χ0v) is 11.5. The van der Waals surface area contributed by atoms with Crippen LogP contribution in [0, 0.1) is 5.92 Å². The van der Waals surface area contributed by atoms with Crippen LogP contribution in [0.1, 0.15) is 36.1 Å². The fraction of sp³-hybridized carbons (Fsp3) is 0.643. The molecular weight excluding hydrogens is 242 g/mol. The van der Waals surface area contributed by atoms with E-state index in [4.69, 9.17) is 10.2 Å². The van der Waals surface area contributed by atoms with Crippen molar-refractivity contribution in [3.05, 3.63) is 23.7 Å². The Morgan fingerprint density at radius 1 is 1.47 bits per heavy atom. The third-order valence-corrected chi connectivity index (χ3v) is 3.68. The standard InChI is InChI=1S/C14H23N3O2/c1-11-4-7-17(8-5-11)9-6-16-14(18)13-3-2-12(10-15)19-13/h2-3,11H,4-10,15H2,1H3,(H,16,18). The van der Waals surface area contributed by atoms with Crippen molar-refractivity contribution in [3.63, 3.8) is 0 Å². The van der Waals surface area contributed by atoms with Gasteiger partial charge in [0, 0.05) is 13.1 Å². The molecule has 5 heteroatoms. The maximum absolute atomic E-state index is 11.8. The molecule has 1 aliphatic heterocycles. The first kappa shape index (κ1) is 14.1. The minimum absolute atomic E-state index is 0.162. The summed E-state index contributed by atoms with van der Waals surface area (Å²) < 4.78 is 5.30. The van der Waals surface area contributed by atoms with Crippen LogP contribution in [0.5, 0.6) is 0 Å². The molecule has 0 saturated carbocycles. The lowest BCUT2D eigenvalue weighted by Gasteiger charge is -2.30. The quantitative estimate of drug-likeness (QED) is 0.839. The zero-order chi connectivity index (χ0) is 13.7. The van der Waals surface area contributed by atoms with Crippen LogP contribution in [0.3, 0.4) is 0 Å². The smallest absolute Gasteiger partial charge is 0.287 e. The average Bonchev–Trinajstić information content (AvgIpc) is 2.90. The van der Waals surface area contributed by atoms with Crippen LogP contribution in [0.4, 0.5) is 0 Å². The molecule has 106 valence electrons. The van der Waals surface area contributed by atoms with Crippen LogP contribution in [0.25, 0.3) is 0 Å². The molecule has 1 saturated heterocycles. The van der Waals surface area contributed by atoms with E-state index in [1.54, 1.807) is 12.1 Å². The highest BCUT2D eigenvalue weighted by atomic mass is 16.4. The van der Waals surface area contributed by atoms with Gasteiger partial charge in [-0.3, -0.25) is 4.79 Å². The van der Waals surface area contributed by atoms with Crippen LogP contribution in [0.2, 0.25) is 0 Å². The number of carbonyl (C=O) groups is 1. The van der Waals surface area contributed by atoms with E-state index in [9.17, 15) is 4.79 Å². The molecular formula is C14H23N3O2. The number of nitrogens with two attached hydrogens (primary N) is 1. The van der Waals surface area contributed by atoms with Crippen molar-refractivity contribution >= 4 is 5.91 Å². The molecule has 0 radical (unpaired) electrons. The van der Waals surface area contributed by atoms with Crippen LogP contribution in [-0.2, 0) is 6.54 Å². The molecule has 1 aliphatic rings. The second-order valence-corrected chi connectivity index (χ2v) is 5.25. The van der Waals surface area contributed by atoms with Crippen LogP contribution in [-0.4, -0.2) is 37.0 Å². The number of rotatable bonds is 5. The number of nitrogens with one attached hydrogen (secondary N) is 1. The Bertz CT molecular complexity index is 409. The number of nitrogens with zero attached hydrogens (tertiary/aromatic N) is 1. The summed E-state index contributed by atoms with van der Waals surface area (Å²) in [7, 11) is 0. The number of piperidine rings is 1. The summed E-state index contributed by atoms with van der Waals surface area (Å²) in [5.41, 5.74) is 5.44. The third-order valence-electron chi connectivity index (χ3n) is 3.68. The summed E-state index contributed by atoms with van der Waals surface area (Å²) in [5, 5.41) is 2.88. The first-order chi connectivity index (χ1) is 9.19. The average molecular weight is 265 g/mol. The van der Waals surface area contributed by atoms with Crippen LogP contribution < -0.4 is 11.1 Å². The predicted octanol–water partition coefficient (Wildman–Crippen LogP) is 1.20. The molecule has 0 atom stereocenters. The number of likely N-dealkylation sites (tertiary alicyclic amines) is 1. The van der Waals surface area contributed by atoms with E-state index in [-0.39, 0.29) is 5.91 Å². The summed E-state index contributed by atoms with van der Waals surface area (Å²) in [6.07, 6.45) is 2.51.